The Morgan fingerprint density at radius 2 is 1.64 bits per heavy atom. The van der Waals surface area contributed by atoms with E-state index in [-0.39, 0.29) is 11.5 Å². The molecule has 5 aliphatic rings. The lowest BCUT2D eigenvalue weighted by Gasteiger charge is -2.61. The molecule has 0 aromatic heterocycles. The van der Waals surface area contributed by atoms with Crippen molar-refractivity contribution in [3.8, 4) is 0 Å². The van der Waals surface area contributed by atoms with Crippen molar-refractivity contribution >= 4 is 11.8 Å². The fraction of sp³-hybridized carbons (Fsp3) is 1.00. The van der Waals surface area contributed by atoms with Gasteiger partial charge in [-0.05, 0) is 92.3 Å². The van der Waals surface area contributed by atoms with Crippen LogP contribution in [0, 0.1) is 34.5 Å². The summed E-state index contributed by atoms with van der Waals surface area (Å²) >= 11 is 2.26. The van der Waals surface area contributed by atoms with Gasteiger partial charge in [0.15, 0.2) is 0 Å². The molecule has 4 aliphatic carbocycles. The van der Waals surface area contributed by atoms with Crippen LogP contribution in [0.4, 0.5) is 0 Å². The number of fused-ring (bicyclic) bond motifs is 5. The van der Waals surface area contributed by atoms with E-state index < -0.39 is 0 Å². The molecule has 1 N–H and O–H groups in total. The molecule has 22 heavy (non-hydrogen) atoms. The zero-order chi connectivity index (χ0) is 15.2. The molecule has 1 aliphatic heterocycles. The first-order valence-electron chi connectivity index (χ1n) is 9.79. The van der Waals surface area contributed by atoms with Crippen LogP contribution in [0.3, 0.4) is 0 Å². The van der Waals surface area contributed by atoms with Crippen molar-refractivity contribution in [2.75, 3.05) is 5.75 Å². The van der Waals surface area contributed by atoms with E-state index in [4.69, 9.17) is 0 Å². The first-order chi connectivity index (χ1) is 10.5. The molecule has 0 aromatic rings. The molecule has 0 amide bonds. The highest BCUT2D eigenvalue weighted by Crippen LogP contribution is 2.69. The summed E-state index contributed by atoms with van der Waals surface area (Å²) in [5.74, 6) is 5.19. The Morgan fingerprint density at radius 1 is 0.864 bits per heavy atom. The van der Waals surface area contributed by atoms with Crippen LogP contribution >= 0.6 is 11.8 Å². The summed E-state index contributed by atoms with van der Waals surface area (Å²) in [6.45, 7) is 5.08. The van der Waals surface area contributed by atoms with Crippen molar-refractivity contribution in [1.29, 1.82) is 0 Å². The molecule has 5 fully saturated rings. The number of aliphatic hydroxyl groups excluding tert-OH is 1. The Balaban J connectivity index is 1.44. The highest BCUT2D eigenvalue weighted by molar-refractivity contribution is 8.07. The SMILES string of the molecule is C[C@]12CC[C@H]3[C@@H](CC[C@@H]4C[C@]5(CC[C@@]43C)CS5)[C@H]1CC[C@@H]2O. The normalized spacial score (nSPS) is 63.1. The molecule has 0 aromatic carbocycles. The Morgan fingerprint density at radius 3 is 2.41 bits per heavy atom. The smallest absolute Gasteiger partial charge is 0.0596 e. The van der Waals surface area contributed by atoms with Gasteiger partial charge in [0.2, 0.25) is 0 Å². The van der Waals surface area contributed by atoms with Gasteiger partial charge in [-0.3, -0.25) is 0 Å². The molecule has 1 spiro atoms. The summed E-state index contributed by atoms with van der Waals surface area (Å²) in [4.78, 5) is 0. The number of hydrogen-bond donors (Lipinski definition) is 1. The van der Waals surface area contributed by atoms with Crippen molar-refractivity contribution in [3.63, 3.8) is 0 Å². The Labute approximate surface area is 140 Å². The van der Waals surface area contributed by atoms with Gasteiger partial charge < -0.3 is 5.11 Å². The van der Waals surface area contributed by atoms with Gasteiger partial charge in [-0.2, -0.15) is 11.8 Å². The molecule has 8 atom stereocenters. The molecule has 124 valence electrons. The summed E-state index contributed by atoms with van der Waals surface area (Å²) in [5, 5.41) is 10.5. The van der Waals surface area contributed by atoms with Crippen molar-refractivity contribution < 1.29 is 5.11 Å². The van der Waals surface area contributed by atoms with Gasteiger partial charge in [-0.1, -0.05) is 13.8 Å². The monoisotopic (exact) mass is 320 g/mol. The van der Waals surface area contributed by atoms with Gasteiger partial charge in [-0.15, -0.1) is 0 Å². The second-order valence-corrected chi connectivity index (χ2v) is 11.4. The van der Waals surface area contributed by atoms with E-state index in [0.717, 1.165) is 34.8 Å². The molecule has 1 heterocycles. The average molecular weight is 321 g/mol. The highest BCUT2D eigenvalue weighted by atomic mass is 32.2. The maximum Gasteiger partial charge on any atom is 0.0596 e. The Kier molecular flexibility index (Phi) is 2.98. The van der Waals surface area contributed by atoms with Crippen molar-refractivity contribution in [2.24, 2.45) is 34.5 Å². The fourth-order valence-electron chi connectivity index (χ4n) is 7.64. The third-order valence-electron chi connectivity index (χ3n) is 9.31. The van der Waals surface area contributed by atoms with Gasteiger partial charge in [-0.25, -0.2) is 0 Å². The van der Waals surface area contributed by atoms with Crippen LogP contribution in [-0.4, -0.2) is 21.7 Å². The van der Waals surface area contributed by atoms with Gasteiger partial charge in [0, 0.05) is 10.5 Å². The van der Waals surface area contributed by atoms with Crippen LogP contribution in [0.1, 0.15) is 71.6 Å². The van der Waals surface area contributed by atoms with Crippen LogP contribution in [0.5, 0.6) is 0 Å². The van der Waals surface area contributed by atoms with Gasteiger partial charge >= 0.3 is 0 Å². The molecule has 1 saturated heterocycles. The maximum atomic E-state index is 10.5. The number of hydrogen-bond acceptors (Lipinski definition) is 2. The highest BCUT2D eigenvalue weighted by Gasteiger charge is 2.62. The number of aliphatic hydroxyl groups is 1. The standard InChI is InChI=1S/C20H32OS/c1-18-9-10-20(12-22-20)11-13(18)3-4-14-15-5-6-17(21)19(15,2)8-7-16(14)18/h13-17,21H,3-12H2,1-2H3/t13-,14+,15-,16+,17+,18+,19+,20-/m1/s1. The summed E-state index contributed by atoms with van der Waals surface area (Å²) < 4.78 is 0.740. The minimum atomic E-state index is -0.0125. The minimum absolute atomic E-state index is 0.0125. The molecular weight excluding hydrogens is 288 g/mol. The first-order valence-corrected chi connectivity index (χ1v) is 10.8. The van der Waals surface area contributed by atoms with E-state index in [2.05, 4.69) is 25.6 Å². The topological polar surface area (TPSA) is 20.2 Å². The summed E-state index contributed by atoms with van der Waals surface area (Å²) in [5.41, 5.74) is 0.888. The van der Waals surface area contributed by atoms with E-state index in [1.807, 2.05) is 0 Å². The van der Waals surface area contributed by atoms with Crippen molar-refractivity contribution in [2.45, 2.75) is 82.5 Å². The molecular formula is C20H32OS. The lowest BCUT2D eigenvalue weighted by Crippen LogP contribution is -2.54. The zero-order valence-electron chi connectivity index (χ0n) is 14.3. The summed E-state index contributed by atoms with van der Waals surface area (Å²) in [6, 6.07) is 0. The van der Waals surface area contributed by atoms with Crippen LogP contribution in [-0.2, 0) is 0 Å². The van der Waals surface area contributed by atoms with Crippen molar-refractivity contribution in [1.82, 2.24) is 0 Å². The van der Waals surface area contributed by atoms with Crippen LogP contribution < -0.4 is 0 Å². The van der Waals surface area contributed by atoms with E-state index in [1.54, 1.807) is 0 Å². The van der Waals surface area contributed by atoms with Gasteiger partial charge in [0.1, 0.15) is 0 Å². The Bertz CT molecular complexity index is 486. The average Bonchev–Trinajstić information content (AvgIpc) is 3.19. The Hall–Kier alpha value is 0.310. The molecule has 0 unspecified atom stereocenters. The van der Waals surface area contributed by atoms with Crippen LogP contribution in [0.2, 0.25) is 0 Å². The van der Waals surface area contributed by atoms with E-state index in [0.29, 0.717) is 5.41 Å². The van der Waals surface area contributed by atoms with E-state index in [1.165, 1.54) is 57.1 Å². The fourth-order valence-corrected chi connectivity index (χ4v) is 8.68. The second kappa shape index (κ2) is 4.48. The molecule has 0 radical (unpaired) electrons. The van der Waals surface area contributed by atoms with Crippen LogP contribution in [0.15, 0.2) is 0 Å². The zero-order valence-corrected chi connectivity index (χ0v) is 15.1. The molecule has 1 nitrogen and oxygen atoms in total. The predicted molar refractivity (Wildman–Crippen MR) is 92.9 cm³/mol. The lowest BCUT2D eigenvalue weighted by molar-refractivity contribution is -0.122. The van der Waals surface area contributed by atoms with Crippen molar-refractivity contribution in [3.05, 3.63) is 0 Å². The third-order valence-corrected chi connectivity index (χ3v) is 10.8. The number of thioether (sulfide) groups is 1. The van der Waals surface area contributed by atoms with Crippen LogP contribution in [0.25, 0.3) is 0 Å². The predicted octanol–water partition coefficient (Wildman–Crippen LogP) is 4.88. The summed E-state index contributed by atoms with van der Waals surface area (Å²) in [7, 11) is 0. The van der Waals surface area contributed by atoms with Gasteiger partial charge in [0.05, 0.1) is 6.10 Å². The van der Waals surface area contributed by atoms with E-state index in [9.17, 15) is 5.11 Å². The maximum absolute atomic E-state index is 10.5. The second-order valence-electron chi connectivity index (χ2n) is 9.97. The largest absolute Gasteiger partial charge is 0.393 e. The third kappa shape index (κ3) is 1.78. The molecule has 4 saturated carbocycles. The molecule has 5 rings (SSSR count). The lowest BCUT2D eigenvalue weighted by atomic mass is 9.44. The van der Waals surface area contributed by atoms with Gasteiger partial charge in [0.25, 0.3) is 0 Å². The quantitative estimate of drug-likeness (QED) is 0.642. The number of rotatable bonds is 0. The minimum Gasteiger partial charge on any atom is -0.393 e. The molecule has 2 heteroatoms. The van der Waals surface area contributed by atoms with E-state index >= 15 is 0 Å². The summed E-state index contributed by atoms with van der Waals surface area (Å²) in [6.07, 6.45) is 12.6. The molecule has 0 bridgehead atoms. The first kappa shape index (κ1) is 14.6.